The van der Waals surface area contributed by atoms with Crippen LogP contribution >= 0.6 is 0 Å². The molecular formula is C23H39N5O2. The van der Waals surface area contributed by atoms with Crippen molar-refractivity contribution >= 4 is 11.9 Å². The van der Waals surface area contributed by atoms with Crippen molar-refractivity contribution in [3.05, 3.63) is 30.1 Å². The number of carbonyl (C=O) groups excluding carboxylic acids is 1. The maximum atomic E-state index is 12.5. The van der Waals surface area contributed by atoms with Gasteiger partial charge in [-0.15, -0.1) is 0 Å². The smallest absolute Gasteiger partial charge is 0.244 e. The third-order valence-corrected chi connectivity index (χ3v) is 5.85. The predicted octanol–water partition coefficient (Wildman–Crippen LogP) is 2.62. The second kappa shape index (κ2) is 13.2. The Hall–Kier alpha value is -2.15. The molecular weight excluding hydrogens is 378 g/mol. The third kappa shape index (κ3) is 8.30. The Morgan fingerprint density at radius 1 is 1.27 bits per heavy atom. The topological polar surface area (TPSA) is 78.9 Å². The highest BCUT2D eigenvalue weighted by Crippen LogP contribution is 2.40. The number of hydrogen-bond donors (Lipinski definition) is 2. The van der Waals surface area contributed by atoms with E-state index in [9.17, 15) is 4.79 Å². The van der Waals surface area contributed by atoms with Crippen molar-refractivity contribution in [2.24, 2.45) is 10.4 Å². The molecule has 1 saturated carbocycles. The minimum absolute atomic E-state index is 0.00931. The lowest BCUT2D eigenvalue weighted by Gasteiger charge is -2.30. The van der Waals surface area contributed by atoms with Gasteiger partial charge in [0.1, 0.15) is 6.54 Å². The summed E-state index contributed by atoms with van der Waals surface area (Å²) in [6.45, 7) is 8.07. The monoisotopic (exact) mass is 417 g/mol. The Labute approximate surface area is 181 Å². The number of rotatable bonds is 12. The van der Waals surface area contributed by atoms with E-state index in [4.69, 9.17) is 4.74 Å². The summed E-state index contributed by atoms with van der Waals surface area (Å²) in [5.74, 6) is 0.724. The maximum absolute atomic E-state index is 12.5. The highest BCUT2D eigenvalue weighted by atomic mass is 16.5. The molecule has 1 fully saturated rings. The molecule has 0 unspecified atom stereocenters. The van der Waals surface area contributed by atoms with Crippen LogP contribution in [0.15, 0.2) is 29.4 Å². The number of guanidine groups is 1. The number of aliphatic imine (C=N–C) groups is 1. The summed E-state index contributed by atoms with van der Waals surface area (Å²) in [5, 5.41) is 6.76. The first-order valence-electron chi connectivity index (χ1n) is 11.3. The third-order valence-electron chi connectivity index (χ3n) is 5.85. The van der Waals surface area contributed by atoms with Gasteiger partial charge >= 0.3 is 0 Å². The molecule has 1 amide bonds. The highest BCUT2D eigenvalue weighted by molar-refractivity contribution is 5.84. The number of amides is 1. The minimum Gasteiger partial charge on any atom is -0.382 e. The van der Waals surface area contributed by atoms with Gasteiger partial charge in [-0.3, -0.25) is 9.78 Å². The van der Waals surface area contributed by atoms with E-state index in [0.717, 1.165) is 44.8 Å². The van der Waals surface area contributed by atoms with Crippen molar-refractivity contribution in [1.82, 2.24) is 20.5 Å². The molecule has 1 aromatic heterocycles. The van der Waals surface area contributed by atoms with Gasteiger partial charge in [-0.25, -0.2) is 4.99 Å². The van der Waals surface area contributed by atoms with Crippen LogP contribution in [0.3, 0.4) is 0 Å². The number of hydrogen-bond acceptors (Lipinski definition) is 4. The highest BCUT2D eigenvalue weighted by Gasteiger charge is 2.33. The van der Waals surface area contributed by atoms with Crippen LogP contribution in [-0.2, 0) is 16.0 Å². The first kappa shape index (κ1) is 24.1. The normalized spacial score (nSPS) is 15.8. The summed E-state index contributed by atoms with van der Waals surface area (Å²) in [5.41, 5.74) is 1.26. The molecule has 2 N–H and O–H groups in total. The number of carbonyl (C=O) groups is 1. The van der Waals surface area contributed by atoms with E-state index in [1.165, 1.54) is 25.7 Å². The molecule has 0 bridgehead atoms. The second-order valence-electron chi connectivity index (χ2n) is 8.09. The largest absolute Gasteiger partial charge is 0.382 e. The molecule has 1 aliphatic carbocycles. The minimum atomic E-state index is 0.00931. The standard InChI is InChI=1S/C23H39N5O2/c1-4-24-22(27-19-23(12-7-8-13-23)14-17-30-5-2)26-18-21(29)28(3)16-11-20-10-6-9-15-25-20/h6,9-10,15H,4-5,7-8,11-14,16-19H2,1-3H3,(H2,24,26,27). The SMILES string of the molecule is CCNC(=NCC(=O)N(C)CCc1ccccn1)NCC1(CCOCC)CCCC1. The Kier molecular flexibility index (Phi) is 10.6. The first-order chi connectivity index (χ1) is 14.6. The predicted molar refractivity (Wildman–Crippen MR) is 122 cm³/mol. The van der Waals surface area contributed by atoms with Crippen LogP contribution in [0.1, 0.15) is 51.6 Å². The van der Waals surface area contributed by atoms with Gasteiger partial charge in [-0.1, -0.05) is 18.9 Å². The van der Waals surface area contributed by atoms with Gasteiger partial charge in [-0.2, -0.15) is 0 Å². The molecule has 7 nitrogen and oxygen atoms in total. The van der Waals surface area contributed by atoms with Crippen LogP contribution in [0.4, 0.5) is 0 Å². The average Bonchev–Trinajstić information content (AvgIpc) is 3.23. The lowest BCUT2D eigenvalue weighted by molar-refractivity contribution is -0.128. The lowest BCUT2D eigenvalue weighted by atomic mass is 9.83. The molecule has 0 aliphatic heterocycles. The van der Waals surface area contributed by atoms with E-state index < -0.39 is 0 Å². The van der Waals surface area contributed by atoms with Crippen LogP contribution in [-0.4, -0.2) is 68.2 Å². The zero-order chi connectivity index (χ0) is 21.7. The van der Waals surface area contributed by atoms with E-state index in [-0.39, 0.29) is 17.9 Å². The quantitative estimate of drug-likeness (QED) is 0.311. The molecule has 168 valence electrons. The number of pyridine rings is 1. The van der Waals surface area contributed by atoms with Gasteiger partial charge in [0, 0.05) is 58.2 Å². The van der Waals surface area contributed by atoms with Gasteiger partial charge < -0.3 is 20.3 Å². The van der Waals surface area contributed by atoms with Gasteiger partial charge in [-0.05, 0) is 50.7 Å². The Morgan fingerprint density at radius 2 is 2.07 bits per heavy atom. The Bertz CT molecular complexity index is 644. The molecule has 1 aliphatic rings. The average molecular weight is 418 g/mol. The Morgan fingerprint density at radius 3 is 2.73 bits per heavy atom. The molecule has 7 heteroatoms. The summed E-state index contributed by atoms with van der Waals surface area (Å²) >= 11 is 0. The molecule has 0 spiro atoms. The van der Waals surface area contributed by atoms with Gasteiger partial charge in [0.2, 0.25) is 5.91 Å². The molecule has 2 rings (SSSR count). The van der Waals surface area contributed by atoms with Crippen molar-refractivity contribution in [3.63, 3.8) is 0 Å². The number of nitrogens with one attached hydrogen (secondary N) is 2. The molecule has 0 radical (unpaired) electrons. The fourth-order valence-electron chi connectivity index (χ4n) is 3.91. The van der Waals surface area contributed by atoms with Crippen LogP contribution in [0, 0.1) is 5.41 Å². The second-order valence-corrected chi connectivity index (χ2v) is 8.09. The van der Waals surface area contributed by atoms with Crippen molar-refractivity contribution in [2.45, 2.75) is 52.4 Å². The number of nitrogens with zero attached hydrogens (tertiary/aromatic N) is 3. The van der Waals surface area contributed by atoms with Gasteiger partial charge in [0.15, 0.2) is 5.96 Å². The number of likely N-dealkylation sites (N-methyl/N-ethyl adjacent to an activating group) is 1. The van der Waals surface area contributed by atoms with Crippen molar-refractivity contribution < 1.29 is 9.53 Å². The van der Waals surface area contributed by atoms with Crippen LogP contribution in [0.2, 0.25) is 0 Å². The van der Waals surface area contributed by atoms with Crippen LogP contribution in [0.5, 0.6) is 0 Å². The first-order valence-corrected chi connectivity index (χ1v) is 11.3. The summed E-state index contributed by atoms with van der Waals surface area (Å²) in [6, 6.07) is 5.84. The molecule has 1 aromatic rings. The number of ether oxygens (including phenoxy) is 1. The Balaban J connectivity index is 1.83. The van der Waals surface area contributed by atoms with E-state index in [0.29, 0.717) is 12.5 Å². The lowest BCUT2D eigenvalue weighted by Crippen LogP contribution is -2.44. The van der Waals surface area contributed by atoms with E-state index >= 15 is 0 Å². The maximum Gasteiger partial charge on any atom is 0.244 e. The van der Waals surface area contributed by atoms with E-state index in [2.05, 4.69) is 20.6 Å². The number of aromatic nitrogens is 1. The van der Waals surface area contributed by atoms with E-state index in [1.807, 2.05) is 39.1 Å². The fourth-order valence-corrected chi connectivity index (χ4v) is 3.91. The molecule has 0 atom stereocenters. The molecule has 0 aromatic carbocycles. The summed E-state index contributed by atoms with van der Waals surface area (Å²) in [4.78, 5) is 23.1. The molecule has 0 saturated heterocycles. The zero-order valence-electron chi connectivity index (χ0n) is 19.0. The van der Waals surface area contributed by atoms with Crippen molar-refractivity contribution in [1.29, 1.82) is 0 Å². The van der Waals surface area contributed by atoms with Crippen molar-refractivity contribution in [2.75, 3.05) is 46.4 Å². The van der Waals surface area contributed by atoms with Gasteiger partial charge in [0.25, 0.3) is 0 Å². The summed E-state index contributed by atoms with van der Waals surface area (Å²) < 4.78 is 5.61. The van der Waals surface area contributed by atoms with Crippen molar-refractivity contribution in [3.8, 4) is 0 Å². The van der Waals surface area contributed by atoms with Gasteiger partial charge in [0.05, 0.1) is 0 Å². The molecule has 30 heavy (non-hydrogen) atoms. The molecule has 1 heterocycles. The van der Waals surface area contributed by atoms with Crippen LogP contribution < -0.4 is 10.6 Å². The van der Waals surface area contributed by atoms with E-state index in [1.54, 1.807) is 11.1 Å². The summed E-state index contributed by atoms with van der Waals surface area (Å²) in [6.07, 6.45) is 8.60. The summed E-state index contributed by atoms with van der Waals surface area (Å²) in [7, 11) is 1.82. The fraction of sp³-hybridized carbons (Fsp3) is 0.696. The van der Waals surface area contributed by atoms with Crippen LogP contribution in [0.25, 0.3) is 0 Å². The zero-order valence-corrected chi connectivity index (χ0v) is 19.0.